The van der Waals surface area contributed by atoms with Gasteiger partial charge in [-0.15, -0.1) is 0 Å². The molecule has 3 aromatic rings. The lowest BCUT2D eigenvalue weighted by molar-refractivity contribution is 1.52. The first-order valence-electron chi connectivity index (χ1n) is 5.12. The fraction of sp³-hybridized carbons (Fsp3) is 0. The van der Waals surface area contributed by atoms with Gasteiger partial charge in [0.15, 0.2) is 0 Å². The highest BCUT2D eigenvalue weighted by molar-refractivity contribution is 6.04. The van der Waals surface area contributed by atoms with Gasteiger partial charge in [0, 0.05) is 10.8 Å². The van der Waals surface area contributed by atoms with Gasteiger partial charge >= 0.3 is 0 Å². The van der Waals surface area contributed by atoms with Crippen LogP contribution in [0.2, 0.25) is 0 Å². The summed E-state index contributed by atoms with van der Waals surface area (Å²) in [5.41, 5.74) is 0.741. The van der Waals surface area contributed by atoms with Crippen LogP contribution in [0.15, 0.2) is 48.5 Å². The summed E-state index contributed by atoms with van der Waals surface area (Å²) in [6.07, 6.45) is 0. The first kappa shape index (κ1) is 8.94. The Balaban J connectivity index is 2.63. The predicted octanol–water partition coefficient (Wildman–Crippen LogP) is 3.66. The molecule has 1 nitrogen and oxygen atoms in total. The van der Waals surface area contributed by atoms with Crippen molar-refractivity contribution in [3.63, 3.8) is 0 Å². The van der Waals surface area contributed by atoms with Crippen LogP contribution in [0.1, 0.15) is 5.56 Å². The van der Waals surface area contributed by atoms with E-state index in [0.29, 0.717) is 0 Å². The molecule has 16 heavy (non-hydrogen) atoms. The maximum absolute atomic E-state index is 9.27. The van der Waals surface area contributed by atoms with Crippen molar-refractivity contribution in [1.82, 2.24) is 0 Å². The first-order chi connectivity index (χ1) is 7.90. The van der Waals surface area contributed by atoms with Gasteiger partial charge in [-0.3, -0.25) is 0 Å². The van der Waals surface area contributed by atoms with E-state index >= 15 is 0 Å². The van der Waals surface area contributed by atoms with Crippen LogP contribution in [-0.2, 0) is 0 Å². The molecule has 0 bridgehead atoms. The van der Waals surface area contributed by atoms with Gasteiger partial charge in [-0.05, 0) is 29.0 Å². The number of benzene rings is 3. The van der Waals surface area contributed by atoms with Gasteiger partial charge in [0.2, 0.25) is 0 Å². The van der Waals surface area contributed by atoms with Crippen LogP contribution in [0.4, 0.5) is 0 Å². The van der Waals surface area contributed by atoms with Crippen LogP contribution >= 0.6 is 0 Å². The Kier molecular flexibility index (Phi) is 1.88. The average molecular weight is 202 g/mol. The molecule has 0 aromatic heterocycles. The third-order valence-corrected chi connectivity index (χ3v) is 2.82. The lowest BCUT2D eigenvalue weighted by atomic mass is 9.98. The quantitative estimate of drug-likeness (QED) is 0.510. The second-order valence-corrected chi connectivity index (χ2v) is 3.73. The average Bonchev–Trinajstić information content (AvgIpc) is 2.36. The Labute approximate surface area is 93.6 Å². The van der Waals surface area contributed by atoms with Crippen molar-refractivity contribution in [1.29, 1.82) is 5.26 Å². The van der Waals surface area contributed by atoms with E-state index in [2.05, 4.69) is 18.2 Å². The van der Waals surface area contributed by atoms with E-state index in [9.17, 15) is 5.26 Å². The highest BCUT2D eigenvalue weighted by Gasteiger charge is 2.05. The highest BCUT2D eigenvalue weighted by Crippen LogP contribution is 2.27. The molecule has 0 aliphatic rings. The highest BCUT2D eigenvalue weighted by atomic mass is 14.2. The topological polar surface area (TPSA) is 23.8 Å². The van der Waals surface area contributed by atoms with Gasteiger partial charge < -0.3 is 0 Å². The molecule has 0 aliphatic heterocycles. The third-order valence-electron chi connectivity index (χ3n) is 2.82. The molecule has 0 amide bonds. The maximum Gasteiger partial charge on any atom is 0.100 e. The molecule has 3 rings (SSSR count). The second kappa shape index (κ2) is 3.36. The molecule has 0 saturated carbocycles. The minimum Gasteiger partial charge on any atom is -0.192 e. The third kappa shape index (κ3) is 1.17. The molecule has 0 spiro atoms. The van der Waals surface area contributed by atoms with E-state index in [0.717, 1.165) is 27.1 Å². The molecule has 0 N–H and O–H groups in total. The largest absolute Gasteiger partial charge is 0.192 e. The summed E-state index contributed by atoms with van der Waals surface area (Å²) in [6.45, 7) is 0. The van der Waals surface area contributed by atoms with Crippen molar-refractivity contribution in [2.45, 2.75) is 0 Å². The van der Waals surface area contributed by atoms with Gasteiger partial charge in [0.25, 0.3) is 0 Å². The summed E-state index contributed by atoms with van der Waals surface area (Å²) in [5.74, 6) is 0. The number of hydrogen-bond donors (Lipinski definition) is 0. The van der Waals surface area contributed by atoms with Gasteiger partial charge in [0.1, 0.15) is 6.07 Å². The lowest BCUT2D eigenvalue weighted by Gasteiger charge is -2.04. The van der Waals surface area contributed by atoms with Crippen LogP contribution in [-0.4, -0.2) is 0 Å². The van der Waals surface area contributed by atoms with Gasteiger partial charge in [-0.25, -0.2) is 0 Å². The van der Waals surface area contributed by atoms with Crippen LogP contribution in [0.25, 0.3) is 21.5 Å². The van der Waals surface area contributed by atoms with E-state index in [1.807, 2.05) is 42.5 Å². The van der Waals surface area contributed by atoms with Crippen molar-refractivity contribution in [2.24, 2.45) is 0 Å². The predicted molar refractivity (Wildman–Crippen MR) is 65.0 cm³/mol. The molecule has 1 radical (unpaired) electrons. The molecule has 0 atom stereocenters. The minimum absolute atomic E-state index is 0.741. The minimum atomic E-state index is 0.741. The summed E-state index contributed by atoms with van der Waals surface area (Å²) in [5, 5.41) is 13.5. The number of rotatable bonds is 0. The fourth-order valence-electron chi connectivity index (χ4n) is 2.07. The standard InChI is InChI=1S/C15H8N/c16-10-15-13-7-3-1-5-11(13)9-12-6-2-4-8-14(12)15/h1-3,5-9H. The zero-order chi connectivity index (χ0) is 11.0. The van der Waals surface area contributed by atoms with Gasteiger partial charge in [0.05, 0.1) is 5.56 Å². The molecule has 73 valence electrons. The van der Waals surface area contributed by atoms with Crippen LogP contribution in [0, 0.1) is 17.4 Å². The Hall–Kier alpha value is -2.33. The zero-order valence-corrected chi connectivity index (χ0v) is 8.57. The Morgan fingerprint density at radius 2 is 1.81 bits per heavy atom. The summed E-state index contributed by atoms with van der Waals surface area (Å²) in [4.78, 5) is 0. The molecule has 0 aliphatic carbocycles. The van der Waals surface area contributed by atoms with Crippen molar-refractivity contribution in [3.8, 4) is 6.07 Å². The molecule has 0 heterocycles. The van der Waals surface area contributed by atoms with Crippen molar-refractivity contribution >= 4 is 21.5 Å². The van der Waals surface area contributed by atoms with E-state index in [1.165, 1.54) is 0 Å². The summed E-state index contributed by atoms with van der Waals surface area (Å²) < 4.78 is 0. The van der Waals surface area contributed by atoms with Crippen molar-refractivity contribution < 1.29 is 0 Å². The van der Waals surface area contributed by atoms with Gasteiger partial charge in [-0.1, -0.05) is 36.4 Å². The smallest absolute Gasteiger partial charge is 0.100 e. The maximum atomic E-state index is 9.27. The number of nitrogens with zero attached hydrogens (tertiary/aromatic N) is 1. The van der Waals surface area contributed by atoms with Crippen LogP contribution < -0.4 is 0 Å². The Bertz CT molecular complexity index is 666. The molecule has 0 saturated heterocycles. The van der Waals surface area contributed by atoms with E-state index in [1.54, 1.807) is 0 Å². The summed E-state index contributed by atoms with van der Waals surface area (Å²) in [7, 11) is 0. The first-order valence-corrected chi connectivity index (χ1v) is 5.12. The molecular weight excluding hydrogens is 194 g/mol. The normalized spacial score (nSPS) is 10.4. The van der Waals surface area contributed by atoms with E-state index in [-0.39, 0.29) is 0 Å². The van der Waals surface area contributed by atoms with Crippen molar-refractivity contribution in [2.75, 3.05) is 0 Å². The van der Waals surface area contributed by atoms with E-state index < -0.39 is 0 Å². The summed E-state index contributed by atoms with van der Waals surface area (Å²) >= 11 is 0. The Morgan fingerprint density at radius 3 is 2.69 bits per heavy atom. The number of hydrogen-bond acceptors (Lipinski definition) is 1. The van der Waals surface area contributed by atoms with E-state index in [4.69, 9.17) is 0 Å². The second-order valence-electron chi connectivity index (χ2n) is 3.73. The van der Waals surface area contributed by atoms with Crippen LogP contribution in [0.3, 0.4) is 0 Å². The SMILES string of the molecule is N#Cc1c2c[c]ccc2cc2ccccc12. The monoisotopic (exact) mass is 202 g/mol. The molecule has 1 heteroatoms. The van der Waals surface area contributed by atoms with Crippen molar-refractivity contribution in [3.05, 3.63) is 60.2 Å². The van der Waals surface area contributed by atoms with Crippen LogP contribution in [0.5, 0.6) is 0 Å². The lowest BCUT2D eigenvalue weighted by Crippen LogP contribution is -1.83. The molecule has 3 aromatic carbocycles. The number of fused-ring (bicyclic) bond motifs is 2. The zero-order valence-electron chi connectivity index (χ0n) is 8.57. The molecule has 0 unspecified atom stereocenters. The van der Waals surface area contributed by atoms with Gasteiger partial charge in [-0.2, -0.15) is 5.26 Å². The Morgan fingerprint density at radius 1 is 1.00 bits per heavy atom. The molecule has 0 fully saturated rings. The fourth-order valence-corrected chi connectivity index (χ4v) is 2.07. The number of nitriles is 1. The summed E-state index contributed by atoms with van der Waals surface area (Å²) in [6, 6.07) is 21.1. The molecular formula is C15H8N.